The third-order valence-corrected chi connectivity index (χ3v) is 5.62. The number of fused-ring (bicyclic) bond motifs is 1. The van der Waals surface area contributed by atoms with Crippen LogP contribution in [0.1, 0.15) is 6.92 Å². The lowest BCUT2D eigenvalue weighted by Crippen LogP contribution is -2.43. The summed E-state index contributed by atoms with van der Waals surface area (Å²) in [6, 6.07) is 3.81. The highest BCUT2D eigenvalue weighted by atomic mass is 32.2. The molecule has 0 saturated carbocycles. The molecule has 3 rings (SSSR count). The Kier molecular flexibility index (Phi) is 6.79. The molecule has 0 aliphatic carbocycles. The highest BCUT2D eigenvalue weighted by Crippen LogP contribution is 2.35. The van der Waals surface area contributed by atoms with Crippen molar-refractivity contribution in [1.82, 2.24) is 10.2 Å². The number of nitrogens with one attached hydrogen (secondary N) is 1. The average molecular weight is 453 g/mol. The molecule has 1 aromatic heterocycles. The number of non-ortho nitro benzene ring substituents is 1. The molecule has 1 aliphatic rings. The zero-order valence-corrected chi connectivity index (χ0v) is 17.2. The summed E-state index contributed by atoms with van der Waals surface area (Å²) in [5, 5.41) is 21.4. The number of carbonyl (C=O) groups is 3. The molecule has 14 heteroatoms. The third-order valence-electron chi connectivity index (χ3n) is 3.67. The Labute approximate surface area is 177 Å². The van der Waals surface area contributed by atoms with Gasteiger partial charge in [-0.2, -0.15) is 0 Å². The summed E-state index contributed by atoms with van der Waals surface area (Å²) >= 11 is 2.18. The molecule has 2 aromatic rings. The van der Waals surface area contributed by atoms with Crippen LogP contribution in [0.3, 0.4) is 0 Å². The predicted molar refractivity (Wildman–Crippen MR) is 107 cm³/mol. The van der Waals surface area contributed by atoms with Crippen molar-refractivity contribution in [3.05, 3.63) is 28.3 Å². The van der Waals surface area contributed by atoms with Gasteiger partial charge in [-0.25, -0.2) is 0 Å². The van der Waals surface area contributed by atoms with Crippen LogP contribution in [0.25, 0.3) is 0 Å². The van der Waals surface area contributed by atoms with Crippen molar-refractivity contribution in [2.75, 3.05) is 35.7 Å². The molecule has 1 aromatic carbocycles. The maximum Gasteiger partial charge on any atom is 0.316 e. The van der Waals surface area contributed by atoms with Crippen LogP contribution in [0, 0.1) is 10.1 Å². The van der Waals surface area contributed by atoms with Crippen LogP contribution in [0.15, 0.2) is 22.5 Å². The van der Waals surface area contributed by atoms with Gasteiger partial charge in [0.25, 0.3) is 11.6 Å². The molecule has 0 atom stereocenters. The Balaban J connectivity index is 1.64. The van der Waals surface area contributed by atoms with E-state index < -0.39 is 16.7 Å². The quantitative estimate of drug-likeness (QED) is 0.204. The van der Waals surface area contributed by atoms with E-state index >= 15 is 0 Å². The number of anilines is 2. The second-order valence-electron chi connectivity index (χ2n) is 5.69. The topological polar surface area (TPSA) is 154 Å². The SMILES string of the molecule is CCOC(=O)CSc1nnc(NC(=O)CN2C(=O)COc3ccc([N+](=O)[O-])cc32)s1. The number of hydrogen-bond acceptors (Lipinski definition) is 11. The van der Waals surface area contributed by atoms with Crippen LogP contribution in [0.5, 0.6) is 5.75 Å². The molecule has 2 heterocycles. The fourth-order valence-electron chi connectivity index (χ4n) is 2.42. The van der Waals surface area contributed by atoms with E-state index in [1.165, 1.54) is 18.2 Å². The number of rotatable bonds is 8. The first-order valence-electron chi connectivity index (χ1n) is 8.50. The first-order valence-corrected chi connectivity index (χ1v) is 10.3. The van der Waals surface area contributed by atoms with Gasteiger partial charge in [-0.1, -0.05) is 23.1 Å². The van der Waals surface area contributed by atoms with Gasteiger partial charge in [0, 0.05) is 12.1 Å². The second kappa shape index (κ2) is 9.49. The Morgan fingerprint density at radius 1 is 1.43 bits per heavy atom. The van der Waals surface area contributed by atoms with Crippen molar-refractivity contribution in [1.29, 1.82) is 0 Å². The van der Waals surface area contributed by atoms with Crippen molar-refractivity contribution in [2.24, 2.45) is 0 Å². The van der Waals surface area contributed by atoms with E-state index in [1.54, 1.807) is 6.92 Å². The number of thioether (sulfide) groups is 1. The Morgan fingerprint density at radius 2 is 2.23 bits per heavy atom. The number of benzene rings is 1. The minimum Gasteiger partial charge on any atom is -0.482 e. The summed E-state index contributed by atoms with van der Waals surface area (Å²) in [6.45, 7) is 1.31. The fraction of sp³-hybridized carbons (Fsp3) is 0.312. The van der Waals surface area contributed by atoms with Gasteiger partial charge in [-0.05, 0) is 13.0 Å². The smallest absolute Gasteiger partial charge is 0.316 e. The lowest BCUT2D eigenvalue weighted by Gasteiger charge is -2.28. The number of esters is 1. The number of carbonyl (C=O) groups excluding carboxylic acids is 3. The van der Waals surface area contributed by atoms with Crippen molar-refractivity contribution in [3.63, 3.8) is 0 Å². The summed E-state index contributed by atoms with van der Waals surface area (Å²) in [5.74, 6) is -1.14. The van der Waals surface area contributed by atoms with Crippen LogP contribution in [0.2, 0.25) is 0 Å². The first kappa shape index (κ1) is 21.4. The Hall–Kier alpha value is -3.26. The van der Waals surface area contributed by atoms with Gasteiger partial charge in [0.2, 0.25) is 11.0 Å². The van der Waals surface area contributed by atoms with E-state index in [1.807, 2.05) is 0 Å². The maximum atomic E-state index is 12.4. The molecule has 158 valence electrons. The van der Waals surface area contributed by atoms with Crippen LogP contribution in [0.4, 0.5) is 16.5 Å². The molecule has 30 heavy (non-hydrogen) atoms. The average Bonchev–Trinajstić information content (AvgIpc) is 3.15. The highest BCUT2D eigenvalue weighted by molar-refractivity contribution is 8.01. The normalized spacial score (nSPS) is 12.7. The van der Waals surface area contributed by atoms with Crippen LogP contribution < -0.4 is 15.0 Å². The Bertz CT molecular complexity index is 996. The van der Waals surface area contributed by atoms with E-state index in [-0.39, 0.29) is 53.7 Å². The lowest BCUT2D eigenvalue weighted by atomic mass is 10.2. The monoisotopic (exact) mass is 453 g/mol. The number of nitro groups is 1. The van der Waals surface area contributed by atoms with Crippen molar-refractivity contribution < 1.29 is 28.8 Å². The zero-order chi connectivity index (χ0) is 21.7. The Morgan fingerprint density at radius 3 is 2.97 bits per heavy atom. The summed E-state index contributed by atoms with van der Waals surface area (Å²) in [5.41, 5.74) is -0.0941. The van der Waals surface area contributed by atoms with E-state index in [0.29, 0.717) is 4.34 Å². The second-order valence-corrected chi connectivity index (χ2v) is 7.89. The molecule has 0 radical (unpaired) electrons. The van der Waals surface area contributed by atoms with Crippen LogP contribution >= 0.6 is 23.1 Å². The predicted octanol–water partition coefficient (Wildman–Crippen LogP) is 1.47. The minimum atomic E-state index is -0.603. The number of ether oxygens (including phenoxy) is 2. The van der Waals surface area contributed by atoms with E-state index in [2.05, 4.69) is 15.5 Å². The molecular weight excluding hydrogens is 438 g/mol. The molecule has 1 N–H and O–H groups in total. The summed E-state index contributed by atoms with van der Waals surface area (Å²) in [6.07, 6.45) is 0. The molecule has 12 nitrogen and oxygen atoms in total. The molecule has 0 bridgehead atoms. The van der Waals surface area contributed by atoms with E-state index in [4.69, 9.17) is 9.47 Å². The van der Waals surface area contributed by atoms with Crippen molar-refractivity contribution >= 4 is 57.4 Å². The van der Waals surface area contributed by atoms with Gasteiger partial charge in [0.1, 0.15) is 12.3 Å². The maximum absolute atomic E-state index is 12.4. The highest BCUT2D eigenvalue weighted by Gasteiger charge is 2.29. The number of hydrogen-bond donors (Lipinski definition) is 1. The standard InChI is InChI=1S/C16H15N5O7S2/c1-2-27-14(24)8-29-16-19-18-15(30-16)17-12(22)6-20-10-5-9(21(25)26)3-4-11(10)28-7-13(20)23/h3-5H,2,6-8H2,1H3,(H,17,18,22). The van der Waals surface area contributed by atoms with Gasteiger partial charge in [-0.3, -0.25) is 34.7 Å². The third kappa shape index (κ3) is 5.21. The first-order chi connectivity index (χ1) is 14.4. The van der Waals surface area contributed by atoms with E-state index in [0.717, 1.165) is 28.0 Å². The van der Waals surface area contributed by atoms with Gasteiger partial charge in [0.15, 0.2) is 10.9 Å². The molecule has 0 unspecified atom stereocenters. The zero-order valence-electron chi connectivity index (χ0n) is 15.5. The molecule has 0 spiro atoms. The molecule has 0 fully saturated rings. The summed E-state index contributed by atoms with van der Waals surface area (Å²) in [7, 11) is 0. The van der Waals surface area contributed by atoms with Crippen molar-refractivity contribution in [3.8, 4) is 5.75 Å². The van der Waals surface area contributed by atoms with E-state index in [9.17, 15) is 24.5 Å². The van der Waals surface area contributed by atoms with Crippen LogP contribution in [-0.2, 0) is 19.1 Å². The number of aromatic nitrogens is 2. The molecular formula is C16H15N5O7S2. The number of amides is 2. The lowest BCUT2D eigenvalue weighted by molar-refractivity contribution is -0.384. The molecule has 1 aliphatic heterocycles. The minimum absolute atomic E-state index is 0.0638. The van der Waals surface area contributed by atoms with Gasteiger partial charge in [0.05, 0.1) is 23.0 Å². The molecule has 2 amide bonds. The van der Waals surface area contributed by atoms with Crippen molar-refractivity contribution in [2.45, 2.75) is 11.3 Å². The van der Waals surface area contributed by atoms with Gasteiger partial charge >= 0.3 is 5.97 Å². The molecule has 0 saturated heterocycles. The van der Waals surface area contributed by atoms with Crippen LogP contribution in [-0.4, -0.2) is 58.4 Å². The largest absolute Gasteiger partial charge is 0.482 e. The fourth-order valence-corrected chi connectivity index (χ4v) is 3.99. The van der Waals surface area contributed by atoms with Gasteiger partial charge < -0.3 is 9.47 Å². The summed E-state index contributed by atoms with van der Waals surface area (Å²) < 4.78 is 10.5. The summed E-state index contributed by atoms with van der Waals surface area (Å²) in [4.78, 5) is 47.5. The number of nitrogens with zero attached hydrogens (tertiary/aromatic N) is 4. The number of nitro benzene ring substituents is 1. The van der Waals surface area contributed by atoms with Gasteiger partial charge in [-0.15, -0.1) is 10.2 Å².